The highest BCUT2D eigenvalue weighted by Gasteiger charge is 2.22. The van der Waals surface area contributed by atoms with Crippen LogP contribution in [0, 0.1) is 0 Å². The molecule has 0 radical (unpaired) electrons. The van der Waals surface area contributed by atoms with Crippen molar-refractivity contribution in [3.8, 4) is 5.75 Å². The number of carbonyl (C=O) groups excluding carboxylic acids is 1. The minimum absolute atomic E-state index is 0.0811. The van der Waals surface area contributed by atoms with Crippen LogP contribution in [0.15, 0.2) is 59.5 Å². The molecule has 3 aliphatic rings. The minimum Gasteiger partial charge on any atom is -0.490 e. The summed E-state index contributed by atoms with van der Waals surface area (Å²) in [4.78, 5) is 13.3. The smallest absolute Gasteiger partial charge is 0.180 e. The predicted octanol–water partition coefficient (Wildman–Crippen LogP) is 3.21. The maximum atomic E-state index is 11.9. The van der Waals surface area contributed by atoms with Crippen LogP contribution in [0.25, 0.3) is 5.57 Å². The Morgan fingerprint density at radius 3 is 2.59 bits per heavy atom. The SMILES string of the molecule is O=C1CCC(Oc2ccc(C3=CC=CN4CCS(=O)(=O)C=C=C34)cc2)CC1. The average Bonchev–Trinajstić information content (AvgIpc) is 2.83. The van der Waals surface area contributed by atoms with E-state index in [1.54, 1.807) is 0 Å². The van der Waals surface area contributed by atoms with Gasteiger partial charge in [0, 0.05) is 31.2 Å². The van der Waals surface area contributed by atoms with Gasteiger partial charge < -0.3 is 9.64 Å². The number of fused-ring (bicyclic) bond motifs is 1. The standard InChI is InChI=1S/C21H21NO4S/c23-17-5-9-19(10-6-17)26-18-7-3-16(4-8-18)20-2-1-12-22-13-15-27(24,25)14-11-21(20)22/h1-4,7-8,12,14,19H,5-6,9-10,13,15H2. The van der Waals surface area contributed by atoms with Crippen LogP contribution in [0.3, 0.4) is 0 Å². The molecule has 6 heteroatoms. The van der Waals surface area contributed by atoms with Gasteiger partial charge in [0.25, 0.3) is 0 Å². The largest absolute Gasteiger partial charge is 0.490 e. The van der Waals surface area contributed by atoms with Gasteiger partial charge in [-0.1, -0.05) is 23.9 Å². The summed E-state index contributed by atoms with van der Waals surface area (Å²) >= 11 is 0. The number of ketones is 1. The summed E-state index contributed by atoms with van der Waals surface area (Å²) in [6.45, 7) is 0.413. The van der Waals surface area contributed by atoms with E-state index in [1.807, 2.05) is 47.5 Å². The molecule has 1 aliphatic carbocycles. The second kappa shape index (κ2) is 7.22. The lowest BCUT2D eigenvalue weighted by atomic mass is 9.96. The van der Waals surface area contributed by atoms with E-state index in [-0.39, 0.29) is 11.9 Å². The molecule has 0 atom stereocenters. The molecule has 27 heavy (non-hydrogen) atoms. The van der Waals surface area contributed by atoms with Crippen LogP contribution in [0.5, 0.6) is 5.75 Å². The number of Topliss-reactive ketones (excluding diaryl/α,β-unsaturated/α-hetero) is 1. The molecule has 1 aromatic carbocycles. The minimum atomic E-state index is -3.21. The molecular weight excluding hydrogens is 362 g/mol. The molecule has 0 unspecified atom stereocenters. The van der Waals surface area contributed by atoms with Crippen molar-refractivity contribution in [1.82, 2.24) is 4.90 Å². The lowest BCUT2D eigenvalue weighted by molar-refractivity contribution is -0.121. The third-order valence-electron chi connectivity index (χ3n) is 5.02. The first-order valence-corrected chi connectivity index (χ1v) is 10.9. The van der Waals surface area contributed by atoms with E-state index in [4.69, 9.17) is 4.74 Å². The molecule has 2 aliphatic heterocycles. The Labute approximate surface area is 159 Å². The lowest BCUT2D eigenvalue weighted by Gasteiger charge is -2.26. The normalized spacial score (nSPS) is 21.9. The Hall–Kier alpha value is -2.56. The number of hydrogen-bond acceptors (Lipinski definition) is 5. The first-order valence-electron chi connectivity index (χ1n) is 9.14. The van der Waals surface area contributed by atoms with Gasteiger partial charge in [0.15, 0.2) is 9.84 Å². The van der Waals surface area contributed by atoms with Crippen molar-refractivity contribution in [2.24, 2.45) is 0 Å². The molecule has 1 saturated carbocycles. The number of benzene rings is 1. The number of sulfone groups is 1. The number of rotatable bonds is 3. The third-order valence-corrected chi connectivity index (χ3v) is 6.25. The topological polar surface area (TPSA) is 63.7 Å². The Kier molecular flexibility index (Phi) is 4.77. The molecule has 0 aromatic heterocycles. The quantitative estimate of drug-likeness (QED) is 0.750. The zero-order valence-corrected chi connectivity index (χ0v) is 15.7. The maximum Gasteiger partial charge on any atom is 0.180 e. The Bertz CT molecular complexity index is 970. The van der Waals surface area contributed by atoms with Crippen molar-refractivity contribution in [1.29, 1.82) is 0 Å². The van der Waals surface area contributed by atoms with Gasteiger partial charge in [-0.15, -0.1) is 0 Å². The number of ether oxygens (including phenoxy) is 1. The molecule has 0 amide bonds. The van der Waals surface area contributed by atoms with E-state index in [9.17, 15) is 13.2 Å². The summed E-state index contributed by atoms with van der Waals surface area (Å²) in [5.74, 6) is 1.19. The van der Waals surface area contributed by atoms with Crippen LogP contribution in [0.2, 0.25) is 0 Å². The second-order valence-electron chi connectivity index (χ2n) is 6.97. The van der Waals surface area contributed by atoms with Crippen molar-refractivity contribution in [3.63, 3.8) is 0 Å². The van der Waals surface area contributed by atoms with Gasteiger partial charge in [-0.25, -0.2) is 8.42 Å². The van der Waals surface area contributed by atoms with Gasteiger partial charge in [-0.3, -0.25) is 4.79 Å². The highest BCUT2D eigenvalue weighted by Crippen LogP contribution is 2.31. The average molecular weight is 383 g/mol. The Morgan fingerprint density at radius 2 is 1.85 bits per heavy atom. The molecule has 4 rings (SSSR count). The molecule has 0 bridgehead atoms. The van der Waals surface area contributed by atoms with Crippen molar-refractivity contribution in [2.75, 3.05) is 12.3 Å². The molecule has 0 spiro atoms. The summed E-state index contributed by atoms with van der Waals surface area (Å²) in [6, 6.07) is 7.79. The molecule has 1 fully saturated rings. The summed E-state index contributed by atoms with van der Waals surface area (Å²) < 4.78 is 29.7. The number of hydrogen-bond donors (Lipinski definition) is 0. The van der Waals surface area contributed by atoms with Crippen molar-refractivity contribution >= 4 is 21.2 Å². The highest BCUT2D eigenvalue weighted by atomic mass is 32.2. The third kappa shape index (κ3) is 4.07. The van der Waals surface area contributed by atoms with E-state index in [0.717, 1.165) is 35.4 Å². The highest BCUT2D eigenvalue weighted by molar-refractivity contribution is 7.94. The van der Waals surface area contributed by atoms with E-state index in [2.05, 4.69) is 5.73 Å². The van der Waals surface area contributed by atoms with Crippen LogP contribution in [-0.2, 0) is 14.6 Å². The van der Waals surface area contributed by atoms with E-state index in [1.165, 1.54) is 5.41 Å². The van der Waals surface area contributed by atoms with Crippen molar-refractivity contribution in [3.05, 3.63) is 65.0 Å². The van der Waals surface area contributed by atoms with Crippen LogP contribution in [0.1, 0.15) is 31.2 Å². The fourth-order valence-electron chi connectivity index (χ4n) is 3.50. The van der Waals surface area contributed by atoms with Gasteiger partial charge >= 0.3 is 0 Å². The van der Waals surface area contributed by atoms with E-state index in [0.29, 0.717) is 25.2 Å². The monoisotopic (exact) mass is 383 g/mol. The molecule has 5 nitrogen and oxygen atoms in total. The zero-order chi connectivity index (χ0) is 18.9. The lowest BCUT2D eigenvalue weighted by Crippen LogP contribution is -2.24. The number of nitrogens with zero attached hydrogens (tertiary/aromatic N) is 1. The first kappa shape index (κ1) is 17.8. The summed E-state index contributed by atoms with van der Waals surface area (Å²) in [6.07, 6.45) is 8.61. The van der Waals surface area contributed by atoms with Crippen molar-refractivity contribution < 1.29 is 17.9 Å². The fraction of sp³-hybridized carbons (Fsp3) is 0.333. The van der Waals surface area contributed by atoms with Crippen LogP contribution >= 0.6 is 0 Å². The maximum absolute atomic E-state index is 11.9. The molecule has 1 aromatic rings. The van der Waals surface area contributed by atoms with E-state index >= 15 is 0 Å². The molecule has 140 valence electrons. The number of allylic oxidation sites excluding steroid dienone is 3. The summed E-state index contributed by atoms with van der Waals surface area (Å²) in [5.41, 5.74) is 5.62. The van der Waals surface area contributed by atoms with Gasteiger partial charge in [0.1, 0.15) is 11.5 Å². The Balaban J connectivity index is 1.54. The zero-order valence-electron chi connectivity index (χ0n) is 14.9. The predicted molar refractivity (Wildman–Crippen MR) is 104 cm³/mol. The molecular formula is C21H21NO4S. The summed E-state index contributed by atoms with van der Waals surface area (Å²) in [7, 11) is -3.21. The van der Waals surface area contributed by atoms with Crippen LogP contribution in [-0.4, -0.2) is 37.5 Å². The molecule has 0 N–H and O–H groups in total. The van der Waals surface area contributed by atoms with E-state index < -0.39 is 9.84 Å². The summed E-state index contributed by atoms with van der Waals surface area (Å²) in [5, 5.41) is 1.18. The fourth-order valence-corrected chi connectivity index (χ4v) is 4.36. The van der Waals surface area contributed by atoms with Gasteiger partial charge in [-0.05, 0) is 36.6 Å². The van der Waals surface area contributed by atoms with Gasteiger partial charge in [0.2, 0.25) is 0 Å². The second-order valence-corrected chi connectivity index (χ2v) is 8.94. The molecule has 0 saturated heterocycles. The molecule has 2 heterocycles. The van der Waals surface area contributed by atoms with Crippen molar-refractivity contribution in [2.45, 2.75) is 31.8 Å². The van der Waals surface area contributed by atoms with Gasteiger partial charge in [-0.2, -0.15) is 0 Å². The van der Waals surface area contributed by atoms with Crippen LogP contribution < -0.4 is 4.74 Å². The Morgan fingerprint density at radius 1 is 1.11 bits per heavy atom. The first-order chi connectivity index (χ1) is 13.0. The van der Waals surface area contributed by atoms with Crippen LogP contribution in [0.4, 0.5) is 0 Å². The van der Waals surface area contributed by atoms with Gasteiger partial charge in [0.05, 0.1) is 23.0 Å². The number of carbonyl (C=O) groups is 1.